The summed E-state index contributed by atoms with van der Waals surface area (Å²) in [6, 6.07) is 0. The van der Waals surface area contributed by atoms with Crippen molar-refractivity contribution in [2.75, 3.05) is 11.9 Å². The van der Waals surface area contributed by atoms with Gasteiger partial charge in [-0.1, -0.05) is 28.8 Å². The van der Waals surface area contributed by atoms with Crippen LogP contribution in [-0.4, -0.2) is 28.6 Å². The van der Waals surface area contributed by atoms with Crippen LogP contribution in [0.25, 0.3) is 0 Å². The van der Waals surface area contributed by atoms with Gasteiger partial charge < -0.3 is 0 Å². The Labute approximate surface area is 117 Å². The number of likely N-dealkylation sites (tertiary alicyclic amines) is 1. The van der Waals surface area contributed by atoms with Crippen LogP contribution in [0.5, 0.6) is 0 Å². The standard InChI is InChI=1S/C13H20BrNO2/c14-7-3-4-8-15-11(16)9-13(10-12(15)17)5-1-2-6-13/h1-10H2/i3D2,4D2. The van der Waals surface area contributed by atoms with E-state index >= 15 is 0 Å². The lowest BCUT2D eigenvalue weighted by Crippen LogP contribution is -2.47. The minimum atomic E-state index is -2.28. The van der Waals surface area contributed by atoms with Gasteiger partial charge in [0.25, 0.3) is 0 Å². The Morgan fingerprint density at radius 2 is 1.76 bits per heavy atom. The number of halogens is 1. The van der Waals surface area contributed by atoms with Crippen LogP contribution in [0.15, 0.2) is 0 Å². The van der Waals surface area contributed by atoms with Gasteiger partial charge in [-0.2, -0.15) is 0 Å². The second-order valence-corrected chi connectivity index (χ2v) is 5.48. The van der Waals surface area contributed by atoms with Gasteiger partial charge in [0.1, 0.15) is 0 Å². The molecule has 2 aliphatic rings. The molecule has 2 amide bonds. The molecule has 96 valence electrons. The predicted molar refractivity (Wildman–Crippen MR) is 69.9 cm³/mol. The maximum absolute atomic E-state index is 12.3. The van der Waals surface area contributed by atoms with Gasteiger partial charge >= 0.3 is 0 Å². The predicted octanol–water partition coefficient (Wildman–Crippen LogP) is 2.87. The molecule has 1 saturated heterocycles. The molecule has 1 aliphatic carbocycles. The molecule has 0 aromatic heterocycles. The number of imide groups is 1. The van der Waals surface area contributed by atoms with E-state index < -0.39 is 19.3 Å². The zero-order chi connectivity index (χ0) is 15.9. The lowest BCUT2D eigenvalue weighted by atomic mass is 9.76. The second-order valence-electron chi connectivity index (χ2n) is 4.92. The van der Waals surface area contributed by atoms with Crippen molar-refractivity contribution in [1.82, 2.24) is 4.90 Å². The highest BCUT2D eigenvalue weighted by Gasteiger charge is 2.44. The number of alkyl halides is 1. The summed E-state index contributed by atoms with van der Waals surface area (Å²) >= 11 is 2.95. The van der Waals surface area contributed by atoms with E-state index in [4.69, 9.17) is 5.48 Å². The van der Waals surface area contributed by atoms with Gasteiger partial charge in [0, 0.05) is 30.2 Å². The molecule has 1 aliphatic heterocycles. The molecular formula is C13H20BrNO2. The molecule has 0 aromatic carbocycles. The van der Waals surface area contributed by atoms with Crippen molar-refractivity contribution < 1.29 is 15.1 Å². The lowest BCUT2D eigenvalue weighted by Gasteiger charge is -2.37. The topological polar surface area (TPSA) is 37.4 Å². The number of rotatable bonds is 4. The molecule has 0 atom stereocenters. The maximum atomic E-state index is 12.3. The molecule has 4 heteroatoms. The van der Waals surface area contributed by atoms with Gasteiger partial charge in [-0.15, -0.1) is 0 Å². The average Bonchev–Trinajstić information content (AvgIpc) is 2.81. The van der Waals surface area contributed by atoms with Crippen LogP contribution in [0.1, 0.15) is 56.8 Å². The van der Waals surface area contributed by atoms with Crippen LogP contribution in [0.4, 0.5) is 0 Å². The molecule has 0 N–H and O–H groups in total. The minimum Gasteiger partial charge on any atom is -0.283 e. The van der Waals surface area contributed by atoms with E-state index in [0.29, 0.717) is 0 Å². The summed E-state index contributed by atoms with van der Waals surface area (Å²) in [4.78, 5) is 25.4. The first-order valence-corrected chi connectivity index (χ1v) is 7.14. The maximum Gasteiger partial charge on any atom is 0.229 e. The Bertz CT molecular complexity index is 429. The van der Waals surface area contributed by atoms with Crippen molar-refractivity contribution in [2.24, 2.45) is 5.41 Å². The van der Waals surface area contributed by atoms with Crippen LogP contribution in [-0.2, 0) is 9.59 Å². The fourth-order valence-electron chi connectivity index (χ4n) is 2.87. The molecule has 0 unspecified atom stereocenters. The molecule has 0 aromatic rings. The normalized spacial score (nSPS) is 28.9. The molecule has 17 heavy (non-hydrogen) atoms. The minimum absolute atomic E-state index is 0.187. The number of piperidine rings is 1. The zero-order valence-corrected chi connectivity index (χ0v) is 11.4. The molecule has 2 rings (SSSR count). The molecule has 2 fully saturated rings. The van der Waals surface area contributed by atoms with Gasteiger partial charge in [0.15, 0.2) is 0 Å². The third kappa shape index (κ3) is 2.90. The summed E-state index contributed by atoms with van der Waals surface area (Å²) in [7, 11) is 0. The van der Waals surface area contributed by atoms with Gasteiger partial charge in [0.05, 0.1) is 0 Å². The lowest BCUT2D eigenvalue weighted by molar-refractivity contribution is -0.153. The van der Waals surface area contributed by atoms with Crippen molar-refractivity contribution in [2.45, 2.75) is 51.3 Å². The molecular weight excluding hydrogens is 282 g/mol. The van der Waals surface area contributed by atoms with Crippen molar-refractivity contribution >= 4 is 27.7 Å². The summed E-state index contributed by atoms with van der Waals surface area (Å²) in [5.41, 5.74) is -0.216. The first kappa shape index (κ1) is 8.68. The van der Waals surface area contributed by atoms with Crippen molar-refractivity contribution in [1.29, 1.82) is 0 Å². The van der Waals surface area contributed by atoms with Gasteiger partial charge in [0.2, 0.25) is 11.8 Å². The summed E-state index contributed by atoms with van der Waals surface area (Å²) in [5, 5.41) is -0.187. The highest BCUT2D eigenvalue weighted by Crippen LogP contribution is 2.46. The molecule has 1 saturated carbocycles. The first-order chi connectivity index (χ1) is 9.62. The van der Waals surface area contributed by atoms with Crippen LogP contribution in [0.3, 0.4) is 0 Å². The Morgan fingerprint density at radius 1 is 1.18 bits per heavy atom. The summed E-state index contributed by atoms with van der Waals surface area (Å²) < 4.78 is 31.1. The van der Waals surface area contributed by atoms with Crippen molar-refractivity contribution in [3.05, 3.63) is 0 Å². The summed E-state index contributed by atoms with van der Waals surface area (Å²) in [5.74, 6) is -0.718. The average molecular weight is 306 g/mol. The Hall–Kier alpha value is -0.380. The molecule has 3 nitrogen and oxygen atoms in total. The van der Waals surface area contributed by atoms with E-state index in [2.05, 4.69) is 15.9 Å². The summed E-state index contributed by atoms with van der Waals surface area (Å²) in [6.07, 6.45) is -0.0156. The largest absolute Gasteiger partial charge is 0.283 e. The van der Waals surface area contributed by atoms with Gasteiger partial charge in [-0.25, -0.2) is 0 Å². The van der Waals surface area contributed by atoms with E-state index in [0.717, 1.165) is 30.6 Å². The highest BCUT2D eigenvalue weighted by molar-refractivity contribution is 9.09. The Balaban J connectivity index is 2.11. The molecule has 1 spiro atoms. The van der Waals surface area contributed by atoms with Crippen LogP contribution in [0.2, 0.25) is 0 Å². The van der Waals surface area contributed by atoms with E-state index in [1.54, 1.807) is 0 Å². The quantitative estimate of drug-likeness (QED) is 0.591. The Kier molecular flexibility index (Phi) is 2.81. The molecule has 0 bridgehead atoms. The molecule has 1 heterocycles. The zero-order valence-electron chi connectivity index (χ0n) is 13.8. The number of carbonyl (C=O) groups is 2. The fraction of sp³-hybridized carbons (Fsp3) is 0.846. The smallest absolute Gasteiger partial charge is 0.229 e. The second kappa shape index (κ2) is 5.51. The molecule has 0 radical (unpaired) electrons. The van der Waals surface area contributed by atoms with Crippen molar-refractivity contribution in [3.63, 3.8) is 0 Å². The SMILES string of the molecule is [2H]C([2H])(CBr)C([2H])([2H])CN1C(=O)CC2(CCCC2)CC1=O. The number of nitrogens with zero attached hydrogens (tertiary/aromatic N) is 1. The number of carbonyl (C=O) groups excluding carboxylic acids is 2. The van der Waals surface area contributed by atoms with Gasteiger partial charge in [-0.05, 0) is 31.0 Å². The fourth-order valence-corrected chi connectivity index (χ4v) is 3.07. The van der Waals surface area contributed by atoms with Gasteiger partial charge in [-0.3, -0.25) is 14.5 Å². The van der Waals surface area contributed by atoms with E-state index in [1.807, 2.05) is 0 Å². The number of amides is 2. The Morgan fingerprint density at radius 3 is 2.29 bits per heavy atom. The summed E-state index contributed by atoms with van der Waals surface area (Å²) in [6.45, 7) is -0.515. The van der Waals surface area contributed by atoms with Crippen LogP contribution >= 0.6 is 15.9 Å². The van der Waals surface area contributed by atoms with Crippen LogP contribution in [0, 0.1) is 5.41 Å². The van der Waals surface area contributed by atoms with E-state index in [9.17, 15) is 9.59 Å². The third-order valence-corrected chi connectivity index (χ3v) is 4.03. The number of hydrogen-bond acceptors (Lipinski definition) is 2. The van der Waals surface area contributed by atoms with Crippen LogP contribution < -0.4 is 0 Å². The van der Waals surface area contributed by atoms with E-state index in [1.165, 1.54) is 0 Å². The highest BCUT2D eigenvalue weighted by atomic mass is 79.9. The third-order valence-electron chi connectivity index (χ3n) is 3.75. The van der Waals surface area contributed by atoms with Crippen molar-refractivity contribution in [3.8, 4) is 0 Å². The monoisotopic (exact) mass is 305 g/mol. The first-order valence-electron chi connectivity index (χ1n) is 8.02. The van der Waals surface area contributed by atoms with E-state index in [-0.39, 0.29) is 35.4 Å². The number of hydrogen-bond donors (Lipinski definition) is 0.